The van der Waals surface area contributed by atoms with Crippen LogP contribution < -0.4 is 10.1 Å². The molecule has 0 aliphatic carbocycles. The Bertz CT molecular complexity index is 644. The fourth-order valence-corrected chi connectivity index (χ4v) is 2.69. The summed E-state index contributed by atoms with van der Waals surface area (Å²) in [4.78, 5) is 12.6. The Hall–Kier alpha value is -2.00. The number of carbonyl (C=O) groups excluding carboxylic acids is 1. The molecule has 1 unspecified atom stereocenters. The van der Waals surface area contributed by atoms with Crippen LogP contribution in [0.4, 0.5) is 5.69 Å². The normalized spacial score (nSPS) is 16.4. The second-order valence-corrected chi connectivity index (χ2v) is 5.20. The van der Waals surface area contributed by atoms with Gasteiger partial charge in [-0.15, -0.1) is 0 Å². The first kappa shape index (κ1) is 13.0. The molecule has 3 nitrogen and oxygen atoms in total. The monoisotopic (exact) mass is 287 g/mol. The zero-order chi connectivity index (χ0) is 14.1. The topological polar surface area (TPSA) is 38.3 Å². The molecular weight excluding hydrogens is 274 g/mol. The van der Waals surface area contributed by atoms with Crippen molar-refractivity contribution in [3.05, 3.63) is 58.6 Å². The molecule has 0 fully saturated rings. The molecule has 0 spiro atoms. The number of fused-ring (bicyclic) bond motifs is 1. The van der Waals surface area contributed by atoms with Gasteiger partial charge in [0.2, 0.25) is 0 Å². The number of para-hydroxylation sites is 1. The van der Waals surface area contributed by atoms with Crippen LogP contribution in [0.2, 0.25) is 5.02 Å². The van der Waals surface area contributed by atoms with Gasteiger partial charge in [-0.3, -0.25) is 4.79 Å². The van der Waals surface area contributed by atoms with E-state index >= 15 is 0 Å². The Kier molecular flexibility index (Phi) is 3.36. The number of rotatable bonds is 3. The van der Waals surface area contributed by atoms with Gasteiger partial charge in [0.05, 0.1) is 18.7 Å². The minimum Gasteiger partial charge on any atom is -0.496 e. The number of hydrogen-bond donors (Lipinski definition) is 1. The third-order valence-corrected chi connectivity index (χ3v) is 3.75. The number of Topliss-reactive ketones (excluding diaryl/α,β-unsaturated/α-hetero) is 1. The predicted molar refractivity (Wildman–Crippen MR) is 79.9 cm³/mol. The number of carbonyl (C=O) groups is 1. The highest BCUT2D eigenvalue weighted by Gasteiger charge is 2.28. The van der Waals surface area contributed by atoms with Crippen LogP contribution in [0.15, 0.2) is 42.5 Å². The van der Waals surface area contributed by atoms with E-state index in [-0.39, 0.29) is 11.8 Å². The number of benzene rings is 2. The molecular formula is C16H14ClNO2. The van der Waals surface area contributed by atoms with Crippen LogP contribution in [0.1, 0.15) is 15.9 Å². The molecule has 1 heterocycles. The summed E-state index contributed by atoms with van der Waals surface area (Å²) < 4.78 is 5.25. The second-order valence-electron chi connectivity index (χ2n) is 4.77. The van der Waals surface area contributed by atoms with Gasteiger partial charge in [0.25, 0.3) is 0 Å². The molecule has 1 atom stereocenters. The number of methoxy groups -OCH3 is 1. The lowest BCUT2D eigenvalue weighted by atomic mass is 10.0. The maximum atomic E-state index is 12.6. The summed E-state index contributed by atoms with van der Waals surface area (Å²) in [6.07, 6.45) is 0.685. The molecule has 1 aliphatic rings. The standard InChI is InChI=1S/C16H14ClNO2/c1-20-15-7-6-11(17)9-12(15)16(19)14-8-10-4-2-3-5-13(10)18-14/h2-7,9,14,18H,8H2,1H3. The van der Waals surface area contributed by atoms with E-state index in [1.807, 2.05) is 24.3 Å². The van der Waals surface area contributed by atoms with E-state index in [1.165, 1.54) is 0 Å². The fraction of sp³-hybridized carbons (Fsp3) is 0.188. The summed E-state index contributed by atoms with van der Waals surface area (Å²) in [6, 6.07) is 12.8. The van der Waals surface area contributed by atoms with Crippen molar-refractivity contribution in [2.75, 3.05) is 12.4 Å². The lowest BCUT2D eigenvalue weighted by Crippen LogP contribution is -2.27. The van der Waals surface area contributed by atoms with Crippen LogP contribution in [0.25, 0.3) is 0 Å². The average Bonchev–Trinajstić information content (AvgIpc) is 2.90. The molecule has 3 rings (SSSR count). The van der Waals surface area contributed by atoms with Crippen molar-refractivity contribution in [1.82, 2.24) is 0 Å². The summed E-state index contributed by atoms with van der Waals surface area (Å²) >= 11 is 5.99. The van der Waals surface area contributed by atoms with Crippen molar-refractivity contribution < 1.29 is 9.53 Å². The first-order valence-electron chi connectivity index (χ1n) is 6.41. The van der Waals surface area contributed by atoms with Crippen molar-refractivity contribution >= 4 is 23.1 Å². The van der Waals surface area contributed by atoms with E-state index in [2.05, 4.69) is 5.32 Å². The van der Waals surface area contributed by atoms with Gasteiger partial charge in [-0.1, -0.05) is 29.8 Å². The molecule has 20 heavy (non-hydrogen) atoms. The van der Waals surface area contributed by atoms with Gasteiger partial charge < -0.3 is 10.1 Å². The van der Waals surface area contributed by atoms with Gasteiger partial charge in [-0.05, 0) is 29.8 Å². The molecule has 1 N–H and O–H groups in total. The Morgan fingerprint density at radius 3 is 2.85 bits per heavy atom. The average molecular weight is 288 g/mol. The highest BCUT2D eigenvalue weighted by Crippen LogP contribution is 2.30. The van der Waals surface area contributed by atoms with Crippen LogP contribution in [0, 0.1) is 0 Å². The summed E-state index contributed by atoms with van der Waals surface area (Å²) in [6.45, 7) is 0. The van der Waals surface area contributed by atoms with Gasteiger partial charge in [0, 0.05) is 17.1 Å². The molecule has 0 bridgehead atoms. The number of halogens is 1. The Balaban J connectivity index is 1.90. The van der Waals surface area contributed by atoms with E-state index in [4.69, 9.17) is 16.3 Å². The molecule has 0 aromatic heterocycles. The van der Waals surface area contributed by atoms with E-state index in [9.17, 15) is 4.79 Å². The van der Waals surface area contributed by atoms with Gasteiger partial charge in [-0.2, -0.15) is 0 Å². The number of ketones is 1. The molecule has 0 amide bonds. The highest BCUT2D eigenvalue weighted by atomic mass is 35.5. The lowest BCUT2D eigenvalue weighted by molar-refractivity contribution is 0.0968. The molecule has 4 heteroatoms. The maximum absolute atomic E-state index is 12.6. The summed E-state index contributed by atoms with van der Waals surface area (Å²) in [5, 5.41) is 3.79. The second kappa shape index (κ2) is 5.17. The molecule has 0 saturated heterocycles. The number of nitrogens with one attached hydrogen (secondary N) is 1. The van der Waals surface area contributed by atoms with Crippen LogP contribution in [-0.2, 0) is 6.42 Å². The molecule has 0 radical (unpaired) electrons. The van der Waals surface area contributed by atoms with Gasteiger partial charge in [0.1, 0.15) is 5.75 Å². The van der Waals surface area contributed by atoms with Gasteiger partial charge in [0.15, 0.2) is 5.78 Å². The minimum atomic E-state index is -0.264. The van der Waals surface area contributed by atoms with Crippen LogP contribution in [-0.4, -0.2) is 18.9 Å². The van der Waals surface area contributed by atoms with E-state index < -0.39 is 0 Å². The molecule has 0 saturated carbocycles. The van der Waals surface area contributed by atoms with Crippen LogP contribution in [0.5, 0.6) is 5.75 Å². The molecule has 2 aromatic rings. The third-order valence-electron chi connectivity index (χ3n) is 3.51. The van der Waals surface area contributed by atoms with Crippen molar-refractivity contribution in [2.45, 2.75) is 12.5 Å². The smallest absolute Gasteiger partial charge is 0.189 e. The van der Waals surface area contributed by atoms with E-state index in [0.29, 0.717) is 22.8 Å². The van der Waals surface area contributed by atoms with Crippen LogP contribution >= 0.6 is 11.6 Å². The number of hydrogen-bond acceptors (Lipinski definition) is 3. The zero-order valence-electron chi connectivity index (χ0n) is 11.0. The van der Waals surface area contributed by atoms with E-state index in [0.717, 1.165) is 11.3 Å². The summed E-state index contributed by atoms with van der Waals surface area (Å²) in [5.41, 5.74) is 2.70. The van der Waals surface area contributed by atoms with Gasteiger partial charge in [-0.25, -0.2) is 0 Å². The Morgan fingerprint density at radius 2 is 2.10 bits per heavy atom. The number of ether oxygens (including phenoxy) is 1. The summed E-state index contributed by atoms with van der Waals surface area (Å²) in [7, 11) is 1.55. The predicted octanol–water partition coefficient (Wildman–Crippen LogP) is 3.57. The van der Waals surface area contributed by atoms with Gasteiger partial charge >= 0.3 is 0 Å². The molecule has 2 aromatic carbocycles. The Labute approximate surface area is 122 Å². The van der Waals surface area contributed by atoms with Crippen molar-refractivity contribution in [3.63, 3.8) is 0 Å². The van der Waals surface area contributed by atoms with Crippen molar-refractivity contribution in [1.29, 1.82) is 0 Å². The van der Waals surface area contributed by atoms with Crippen molar-refractivity contribution in [2.24, 2.45) is 0 Å². The highest BCUT2D eigenvalue weighted by molar-refractivity contribution is 6.31. The molecule has 1 aliphatic heterocycles. The van der Waals surface area contributed by atoms with Crippen molar-refractivity contribution in [3.8, 4) is 5.75 Å². The first-order chi connectivity index (χ1) is 9.69. The fourth-order valence-electron chi connectivity index (χ4n) is 2.52. The third kappa shape index (κ3) is 2.25. The lowest BCUT2D eigenvalue weighted by Gasteiger charge is -2.13. The zero-order valence-corrected chi connectivity index (χ0v) is 11.8. The number of anilines is 1. The van der Waals surface area contributed by atoms with E-state index in [1.54, 1.807) is 25.3 Å². The van der Waals surface area contributed by atoms with Crippen LogP contribution in [0.3, 0.4) is 0 Å². The maximum Gasteiger partial charge on any atom is 0.189 e. The quantitative estimate of drug-likeness (QED) is 0.877. The SMILES string of the molecule is COc1ccc(Cl)cc1C(=O)C1Cc2ccccc2N1. The molecule has 102 valence electrons. The first-order valence-corrected chi connectivity index (χ1v) is 6.79. The largest absolute Gasteiger partial charge is 0.496 e. The Morgan fingerprint density at radius 1 is 1.30 bits per heavy atom. The minimum absolute atomic E-state index is 0.000509. The summed E-state index contributed by atoms with van der Waals surface area (Å²) in [5.74, 6) is 0.553.